The molecular formula is C20H28Cl3FN4O. The fourth-order valence-electron chi connectivity index (χ4n) is 3.12. The molecule has 0 atom stereocenters. The number of nitrogen functional groups attached to an aromatic ring is 1. The Morgan fingerprint density at radius 1 is 0.931 bits per heavy atom. The summed E-state index contributed by atoms with van der Waals surface area (Å²) >= 11 is 0. The SMILES string of the molecule is Cl.Cl.Cl.Nc1ccc(CC(=O)NCCN2CCN(c3ccc(F)cc3)CC2)cc1. The molecule has 9 heteroatoms. The molecule has 0 aromatic heterocycles. The molecule has 0 bridgehead atoms. The summed E-state index contributed by atoms with van der Waals surface area (Å²) in [6.45, 7) is 5.17. The quantitative estimate of drug-likeness (QED) is 0.643. The number of nitrogens with one attached hydrogen (secondary N) is 1. The maximum Gasteiger partial charge on any atom is 0.224 e. The van der Waals surface area contributed by atoms with Gasteiger partial charge in [-0.05, 0) is 42.0 Å². The van der Waals surface area contributed by atoms with Gasteiger partial charge in [0.2, 0.25) is 5.91 Å². The van der Waals surface area contributed by atoms with Crippen LogP contribution in [0.5, 0.6) is 0 Å². The van der Waals surface area contributed by atoms with E-state index in [1.165, 1.54) is 12.1 Å². The van der Waals surface area contributed by atoms with Gasteiger partial charge in [-0.25, -0.2) is 4.39 Å². The van der Waals surface area contributed by atoms with Gasteiger partial charge >= 0.3 is 0 Å². The molecule has 29 heavy (non-hydrogen) atoms. The molecule has 1 heterocycles. The van der Waals surface area contributed by atoms with Crippen molar-refractivity contribution in [3.8, 4) is 0 Å². The second-order valence-corrected chi connectivity index (χ2v) is 6.57. The number of hydrogen-bond donors (Lipinski definition) is 2. The lowest BCUT2D eigenvalue weighted by atomic mass is 10.1. The van der Waals surface area contributed by atoms with Crippen molar-refractivity contribution >= 4 is 54.5 Å². The summed E-state index contributed by atoms with van der Waals surface area (Å²) in [6, 6.07) is 14.0. The number of halogens is 4. The van der Waals surface area contributed by atoms with Crippen molar-refractivity contribution in [2.75, 3.05) is 49.9 Å². The predicted molar refractivity (Wildman–Crippen MR) is 124 cm³/mol. The molecule has 0 aliphatic carbocycles. The van der Waals surface area contributed by atoms with E-state index in [4.69, 9.17) is 5.73 Å². The molecule has 3 rings (SSSR count). The monoisotopic (exact) mass is 464 g/mol. The highest BCUT2D eigenvalue weighted by atomic mass is 35.5. The van der Waals surface area contributed by atoms with Crippen LogP contribution in [-0.4, -0.2) is 50.1 Å². The average Bonchev–Trinajstić information content (AvgIpc) is 2.65. The first-order valence-electron chi connectivity index (χ1n) is 8.94. The van der Waals surface area contributed by atoms with Crippen LogP contribution in [-0.2, 0) is 11.2 Å². The maximum atomic E-state index is 13.0. The molecule has 1 saturated heterocycles. The standard InChI is InChI=1S/C20H25FN4O.3ClH/c21-17-3-7-19(8-4-17)25-13-11-24(12-14-25)10-9-23-20(26)15-16-1-5-18(22)6-2-16;;;/h1-8H,9-15,22H2,(H,23,26);3*1H. The van der Waals surface area contributed by atoms with Gasteiger partial charge in [0.15, 0.2) is 0 Å². The molecule has 2 aromatic carbocycles. The Balaban J connectivity index is 0.00000261. The number of piperazine rings is 1. The van der Waals surface area contributed by atoms with Crippen LogP contribution in [0.2, 0.25) is 0 Å². The summed E-state index contributed by atoms with van der Waals surface area (Å²) in [6.07, 6.45) is 0.374. The summed E-state index contributed by atoms with van der Waals surface area (Å²) in [4.78, 5) is 16.6. The molecular weight excluding hydrogens is 438 g/mol. The molecule has 0 radical (unpaired) electrons. The Bertz CT molecular complexity index is 724. The van der Waals surface area contributed by atoms with E-state index < -0.39 is 0 Å². The number of anilines is 2. The Labute approximate surface area is 190 Å². The zero-order valence-electron chi connectivity index (χ0n) is 16.1. The number of carbonyl (C=O) groups excluding carboxylic acids is 1. The van der Waals surface area contributed by atoms with E-state index in [1.807, 2.05) is 36.4 Å². The lowest BCUT2D eigenvalue weighted by Gasteiger charge is -2.36. The Morgan fingerprint density at radius 3 is 2.10 bits per heavy atom. The van der Waals surface area contributed by atoms with E-state index in [0.29, 0.717) is 18.7 Å². The third-order valence-corrected chi connectivity index (χ3v) is 4.66. The molecule has 5 nitrogen and oxygen atoms in total. The Hall–Kier alpha value is -1.73. The molecule has 3 N–H and O–H groups in total. The van der Waals surface area contributed by atoms with Crippen molar-refractivity contribution in [1.29, 1.82) is 0 Å². The summed E-state index contributed by atoms with van der Waals surface area (Å²) in [7, 11) is 0. The second-order valence-electron chi connectivity index (χ2n) is 6.57. The summed E-state index contributed by atoms with van der Waals surface area (Å²) in [5.74, 6) is -0.179. The van der Waals surface area contributed by atoms with E-state index in [2.05, 4.69) is 15.1 Å². The summed E-state index contributed by atoms with van der Waals surface area (Å²) in [5.41, 5.74) is 8.37. The van der Waals surface area contributed by atoms with Crippen LogP contribution in [0.15, 0.2) is 48.5 Å². The van der Waals surface area contributed by atoms with Crippen LogP contribution in [0.3, 0.4) is 0 Å². The molecule has 0 spiro atoms. The van der Waals surface area contributed by atoms with E-state index >= 15 is 0 Å². The van der Waals surface area contributed by atoms with Crippen molar-refractivity contribution in [1.82, 2.24) is 10.2 Å². The first kappa shape index (κ1) is 27.3. The lowest BCUT2D eigenvalue weighted by molar-refractivity contribution is -0.120. The number of nitrogens with two attached hydrogens (primary N) is 1. The number of benzene rings is 2. The van der Waals surface area contributed by atoms with Crippen LogP contribution in [0.4, 0.5) is 15.8 Å². The fraction of sp³-hybridized carbons (Fsp3) is 0.350. The van der Waals surface area contributed by atoms with Gasteiger partial charge in [0, 0.05) is 50.6 Å². The molecule has 2 aromatic rings. The molecule has 162 valence electrons. The Kier molecular flexibility index (Phi) is 12.7. The van der Waals surface area contributed by atoms with E-state index in [0.717, 1.165) is 44.0 Å². The van der Waals surface area contributed by atoms with E-state index in [-0.39, 0.29) is 48.9 Å². The fourth-order valence-corrected chi connectivity index (χ4v) is 3.12. The van der Waals surface area contributed by atoms with Gasteiger partial charge in [0.1, 0.15) is 5.82 Å². The van der Waals surface area contributed by atoms with Crippen LogP contribution in [0.25, 0.3) is 0 Å². The van der Waals surface area contributed by atoms with Crippen molar-refractivity contribution in [2.24, 2.45) is 0 Å². The minimum absolute atomic E-state index is 0. The van der Waals surface area contributed by atoms with E-state index in [1.54, 1.807) is 0 Å². The first-order valence-corrected chi connectivity index (χ1v) is 8.94. The molecule has 1 fully saturated rings. The van der Waals surface area contributed by atoms with Crippen LogP contribution >= 0.6 is 37.2 Å². The van der Waals surface area contributed by atoms with Crippen LogP contribution in [0.1, 0.15) is 5.56 Å². The van der Waals surface area contributed by atoms with Gasteiger partial charge < -0.3 is 16.0 Å². The smallest absolute Gasteiger partial charge is 0.224 e. The highest BCUT2D eigenvalue weighted by Crippen LogP contribution is 2.16. The molecule has 1 aliphatic heterocycles. The number of hydrogen-bond acceptors (Lipinski definition) is 4. The zero-order chi connectivity index (χ0) is 18.4. The number of nitrogens with zero attached hydrogens (tertiary/aromatic N) is 2. The summed E-state index contributed by atoms with van der Waals surface area (Å²) < 4.78 is 13.0. The minimum atomic E-state index is -0.206. The highest BCUT2D eigenvalue weighted by Gasteiger charge is 2.17. The zero-order valence-corrected chi connectivity index (χ0v) is 18.5. The van der Waals surface area contributed by atoms with Gasteiger partial charge in [-0.2, -0.15) is 0 Å². The third-order valence-electron chi connectivity index (χ3n) is 4.66. The topological polar surface area (TPSA) is 61.6 Å². The van der Waals surface area contributed by atoms with Gasteiger partial charge in [-0.15, -0.1) is 37.2 Å². The van der Waals surface area contributed by atoms with Gasteiger partial charge in [0.05, 0.1) is 6.42 Å². The largest absolute Gasteiger partial charge is 0.399 e. The third kappa shape index (κ3) is 8.66. The average molecular weight is 466 g/mol. The minimum Gasteiger partial charge on any atom is -0.399 e. The molecule has 0 unspecified atom stereocenters. The lowest BCUT2D eigenvalue weighted by Crippen LogP contribution is -2.48. The number of rotatable bonds is 6. The van der Waals surface area contributed by atoms with Crippen LogP contribution in [0, 0.1) is 5.82 Å². The maximum absolute atomic E-state index is 13.0. The molecule has 1 amide bonds. The normalized spacial score (nSPS) is 13.5. The first-order chi connectivity index (χ1) is 12.6. The van der Waals surface area contributed by atoms with Crippen molar-refractivity contribution in [3.05, 3.63) is 59.9 Å². The molecule has 1 aliphatic rings. The summed E-state index contributed by atoms with van der Waals surface area (Å²) in [5, 5.41) is 2.98. The van der Waals surface area contributed by atoms with Gasteiger partial charge in [-0.3, -0.25) is 9.69 Å². The van der Waals surface area contributed by atoms with Gasteiger partial charge in [0.25, 0.3) is 0 Å². The van der Waals surface area contributed by atoms with Crippen molar-refractivity contribution in [3.63, 3.8) is 0 Å². The number of amides is 1. The predicted octanol–water partition coefficient (Wildman–Crippen LogP) is 3.15. The highest BCUT2D eigenvalue weighted by molar-refractivity contribution is 5.86. The second kappa shape index (κ2) is 13.5. The van der Waals surface area contributed by atoms with E-state index in [9.17, 15) is 9.18 Å². The van der Waals surface area contributed by atoms with Gasteiger partial charge in [-0.1, -0.05) is 12.1 Å². The van der Waals surface area contributed by atoms with Crippen molar-refractivity contribution in [2.45, 2.75) is 6.42 Å². The van der Waals surface area contributed by atoms with Crippen LogP contribution < -0.4 is 16.0 Å². The Morgan fingerprint density at radius 2 is 1.52 bits per heavy atom. The number of carbonyl (C=O) groups is 1. The molecule has 0 saturated carbocycles. The van der Waals surface area contributed by atoms with Crippen molar-refractivity contribution < 1.29 is 9.18 Å².